The van der Waals surface area contributed by atoms with Gasteiger partial charge in [-0.15, -0.1) is 0 Å². The zero-order chi connectivity index (χ0) is 21.4. The molecule has 6 nitrogen and oxygen atoms in total. The molecule has 2 bridgehead atoms. The van der Waals surface area contributed by atoms with Crippen molar-refractivity contribution in [2.45, 2.75) is 18.2 Å². The number of carbonyl (C=O) groups is 2. The van der Waals surface area contributed by atoms with Crippen LogP contribution in [0.2, 0.25) is 0 Å². The Labute approximate surface area is 181 Å². The molecule has 2 unspecified atom stereocenters. The lowest BCUT2D eigenvalue weighted by Crippen LogP contribution is -2.44. The summed E-state index contributed by atoms with van der Waals surface area (Å²) in [4.78, 5) is 34.3. The summed E-state index contributed by atoms with van der Waals surface area (Å²) in [6.45, 7) is 1.43. The van der Waals surface area contributed by atoms with Gasteiger partial charge in [0.15, 0.2) is 0 Å². The SMILES string of the molecule is CN(C/C=C/c1ccccc1)C(=O)C1C2C(=O)N(Cc3cccnc3)C[C@]23C=C[C@H]1O3. The van der Waals surface area contributed by atoms with E-state index < -0.39 is 17.4 Å². The summed E-state index contributed by atoms with van der Waals surface area (Å²) in [6, 6.07) is 13.8. The van der Waals surface area contributed by atoms with Crippen LogP contribution in [0.3, 0.4) is 0 Å². The van der Waals surface area contributed by atoms with Crippen LogP contribution in [0.4, 0.5) is 0 Å². The van der Waals surface area contributed by atoms with Crippen LogP contribution in [-0.4, -0.2) is 58.4 Å². The average molecular weight is 415 g/mol. The smallest absolute Gasteiger partial charge is 0.230 e. The fraction of sp³-hybridized carbons (Fsp3) is 0.320. The molecule has 1 spiro atoms. The number of rotatable bonds is 6. The van der Waals surface area contributed by atoms with Gasteiger partial charge < -0.3 is 14.5 Å². The third-order valence-corrected chi connectivity index (χ3v) is 6.43. The number of nitrogens with zero attached hydrogens (tertiary/aromatic N) is 3. The number of aromatic nitrogens is 1. The molecule has 3 aliphatic rings. The first-order chi connectivity index (χ1) is 15.1. The molecule has 0 aliphatic carbocycles. The number of fused-ring (bicyclic) bond motifs is 1. The summed E-state index contributed by atoms with van der Waals surface area (Å²) in [5.41, 5.74) is 1.37. The summed E-state index contributed by atoms with van der Waals surface area (Å²) in [5, 5.41) is 0. The van der Waals surface area contributed by atoms with Gasteiger partial charge in [0.25, 0.3) is 0 Å². The van der Waals surface area contributed by atoms with Crippen molar-refractivity contribution in [2.24, 2.45) is 11.8 Å². The van der Waals surface area contributed by atoms with Crippen molar-refractivity contribution in [1.29, 1.82) is 0 Å². The third kappa shape index (κ3) is 3.47. The Morgan fingerprint density at radius 3 is 2.90 bits per heavy atom. The van der Waals surface area contributed by atoms with E-state index in [1.54, 1.807) is 29.2 Å². The minimum Gasteiger partial charge on any atom is -0.360 e. The highest BCUT2D eigenvalue weighted by Gasteiger charge is 2.67. The minimum absolute atomic E-state index is 0.0118. The molecular weight excluding hydrogens is 390 g/mol. The van der Waals surface area contributed by atoms with Gasteiger partial charge in [-0.05, 0) is 17.2 Å². The molecule has 0 radical (unpaired) electrons. The predicted molar refractivity (Wildman–Crippen MR) is 116 cm³/mol. The van der Waals surface area contributed by atoms with Gasteiger partial charge in [0, 0.05) is 32.5 Å². The third-order valence-electron chi connectivity index (χ3n) is 6.43. The van der Waals surface area contributed by atoms with Gasteiger partial charge in [0.1, 0.15) is 5.60 Å². The maximum Gasteiger partial charge on any atom is 0.230 e. The number of pyridine rings is 1. The molecule has 2 amide bonds. The van der Waals surface area contributed by atoms with Crippen molar-refractivity contribution in [1.82, 2.24) is 14.8 Å². The van der Waals surface area contributed by atoms with Gasteiger partial charge in [0.2, 0.25) is 11.8 Å². The van der Waals surface area contributed by atoms with Crippen molar-refractivity contribution in [2.75, 3.05) is 20.1 Å². The Morgan fingerprint density at radius 1 is 1.29 bits per heavy atom. The van der Waals surface area contributed by atoms with Gasteiger partial charge in [-0.3, -0.25) is 14.6 Å². The van der Waals surface area contributed by atoms with E-state index in [0.29, 0.717) is 19.6 Å². The molecule has 2 saturated heterocycles. The lowest BCUT2D eigenvalue weighted by molar-refractivity contribution is -0.142. The zero-order valence-corrected chi connectivity index (χ0v) is 17.4. The topological polar surface area (TPSA) is 62.7 Å². The first-order valence-corrected chi connectivity index (χ1v) is 10.6. The minimum atomic E-state index is -0.689. The Morgan fingerprint density at radius 2 is 2.13 bits per heavy atom. The van der Waals surface area contributed by atoms with Gasteiger partial charge in [-0.25, -0.2) is 0 Å². The van der Waals surface area contributed by atoms with E-state index in [4.69, 9.17) is 4.74 Å². The van der Waals surface area contributed by atoms with E-state index in [-0.39, 0.29) is 17.9 Å². The van der Waals surface area contributed by atoms with E-state index in [9.17, 15) is 9.59 Å². The Bertz CT molecular complexity index is 1040. The highest BCUT2D eigenvalue weighted by Crippen LogP contribution is 2.52. The van der Waals surface area contributed by atoms with Crippen LogP contribution in [0.1, 0.15) is 11.1 Å². The first kappa shape index (κ1) is 19.7. The molecular formula is C25H25N3O3. The Hall–Kier alpha value is -3.25. The number of likely N-dealkylation sites (N-methyl/N-ethyl adjacent to an activating group) is 1. The average Bonchev–Trinajstić information content (AvgIpc) is 3.43. The predicted octanol–water partition coefficient (Wildman–Crippen LogP) is 2.54. The maximum atomic E-state index is 13.3. The van der Waals surface area contributed by atoms with Crippen molar-refractivity contribution >= 4 is 17.9 Å². The number of amides is 2. The Balaban J connectivity index is 1.30. The van der Waals surface area contributed by atoms with Crippen molar-refractivity contribution < 1.29 is 14.3 Å². The Kier molecular flexibility index (Phi) is 4.94. The fourth-order valence-electron chi connectivity index (χ4n) is 4.96. The molecule has 4 atom stereocenters. The molecule has 31 heavy (non-hydrogen) atoms. The maximum absolute atomic E-state index is 13.3. The molecule has 3 aliphatic heterocycles. The highest BCUT2D eigenvalue weighted by atomic mass is 16.5. The van der Waals surface area contributed by atoms with Crippen molar-refractivity contribution in [3.8, 4) is 0 Å². The molecule has 2 fully saturated rings. The number of hydrogen-bond acceptors (Lipinski definition) is 4. The van der Waals surface area contributed by atoms with Gasteiger partial charge >= 0.3 is 0 Å². The van der Waals surface area contributed by atoms with E-state index in [1.165, 1.54) is 0 Å². The number of ether oxygens (including phenoxy) is 1. The number of carbonyl (C=O) groups excluding carboxylic acids is 2. The lowest BCUT2D eigenvalue weighted by atomic mass is 9.76. The van der Waals surface area contributed by atoms with Gasteiger partial charge in [0.05, 0.1) is 24.5 Å². The summed E-state index contributed by atoms with van der Waals surface area (Å²) >= 11 is 0. The summed E-state index contributed by atoms with van der Waals surface area (Å²) in [5.74, 6) is -1.00. The highest BCUT2D eigenvalue weighted by molar-refractivity contribution is 5.93. The van der Waals surface area contributed by atoms with Crippen LogP contribution in [0.5, 0.6) is 0 Å². The van der Waals surface area contributed by atoms with Crippen LogP contribution < -0.4 is 0 Å². The number of benzene rings is 1. The van der Waals surface area contributed by atoms with E-state index in [2.05, 4.69) is 4.98 Å². The van der Waals surface area contributed by atoms with Gasteiger partial charge in [-0.1, -0.05) is 60.7 Å². The standard InChI is InChI=1S/C25H25N3O3/c1-27(14-6-10-18-7-3-2-4-8-18)23(29)21-20-11-12-25(31-20)17-28(24(30)22(21)25)16-19-9-5-13-26-15-19/h2-13,15,20-22H,14,16-17H2,1H3/b10-6+/t20-,21?,22?,25-/m1/s1. The van der Waals surface area contributed by atoms with Crippen LogP contribution in [0.25, 0.3) is 6.08 Å². The van der Waals surface area contributed by atoms with Gasteiger partial charge in [-0.2, -0.15) is 0 Å². The van der Waals surface area contributed by atoms with E-state index in [1.807, 2.05) is 66.8 Å². The largest absolute Gasteiger partial charge is 0.360 e. The quantitative estimate of drug-likeness (QED) is 0.681. The summed E-state index contributed by atoms with van der Waals surface area (Å²) in [7, 11) is 1.78. The monoisotopic (exact) mass is 415 g/mol. The molecule has 6 heteroatoms. The molecule has 1 aromatic heterocycles. The summed E-state index contributed by atoms with van der Waals surface area (Å²) < 4.78 is 6.23. The second kappa shape index (κ2) is 7.78. The number of hydrogen-bond donors (Lipinski definition) is 0. The fourth-order valence-corrected chi connectivity index (χ4v) is 4.96. The van der Waals surface area contributed by atoms with Crippen LogP contribution >= 0.6 is 0 Å². The molecule has 158 valence electrons. The van der Waals surface area contributed by atoms with Crippen LogP contribution in [0.15, 0.2) is 73.1 Å². The van der Waals surface area contributed by atoms with E-state index >= 15 is 0 Å². The summed E-state index contributed by atoms with van der Waals surface area (Å²) in [6.07, 6.45) is 11.1. The number of likely N-dealkylation sites (tertiary alicyclic amines) is 1. The van der Waals surface area contributed by atoms with Crippen LogP contribution in [-0.2, 0) is 20.9 Å². The van der Waals surface area contributed by atoms with Crippen molar-refractivity contribution in [3.05, 3.63) is 84.2 Å². The molecule has 5 rings (SSSR count). The lowest BCUT2D eigenvalue weighted by Gasteiger charge is -2.27. The molecule has 2 aromatic rings. The second-order valence-electron chi connectivity index (χ2n) is 8.49. The molecule has 0 saturated carbocycles. The normalized spacial score (nSPS) is 28.5. The van der Waals surface area contributed by atoms with Crippen molar-refractivity contribution in [3.63, 3.8) is 0 Å². The molecule has 0 N–H and O–H groups in total. The van der Waals surface area contributed by atoms with E-state index in [0.717, 1.165) is 11.1 Å². The first-order valence-electron chi connectivity index (χ1n) is 10.6. The second-order valence-corrected chi connectivity index (χ2v) is 8.49. The molecule has 1 aromatic carbocycles. The molecule has 4 heterocycles. The van der Waals surface area contributed by atoms with Crippen LogP contribution in [0, 0.1) is 11.8 Å². The zero-order valence-electron chi connectivity index (χ0n) is 17.4.